The average Bonchev–Trinajstić information content (AvgIpc) is 2.87. The molecule has 0 radical (unpaired) electrons. The number of methoxy groups -OCH3 is 1. The summed E-state index contributed by atoms with van der Waals surface area (Å²) in [6.45, 7) is 0. The summed E-state index contributed by atoms with van der Waals surface area (Å²) in [6, 6.07) is 29.6. The molecule has 4 aromatic carbocycles. The van der Waals surface area contributed by atoms with E-state index < -0.39 is 21.2 Å². The molecular formula is C28H24ClNO4S. The highest BCUT2D eigenvalue weighted by molar-refractivity contribution is 7.91. The van der Waals surface area contributed by atoms with Crippen molar-refractivity contribution < 1.29 is 17.9 Å². The van der Waals surface area contributed by atoms with Gasteiger partial charge < -0.3 is 10.5 Å². The first-order valence-corrected chi connectivity index (χ1v) is 13.1. The van der Waals surface area contributed by atoms with Crippen molar-refractivity contribution in [2.24, 2.45) is 0 Å². The monoisotopic (exact) mass is 505 g/mol. The van der Waals surface area contributed by atoms with Gasteiger partial charge in [0.25, 0.3) is 0 Å². The molecule has 0 bridgehead atoms. The van der Waals surface area contributed by atoms with E-state index in [1.54, 1.807) is 0 Å². The SMILES string of the molecule is COC(=O)c1cc(N)c(S(C)(=O)=O)c(C(c2ccccc2)(c2ccccc2)c2ccccc2)c1Cl. The molecule has 0 saturated heterocycles. The number of nitrogens with two attached hydrogens (primary N) is 1. The van der Waals surface area contributed by atoms with E-state index in [4.69, 9.17) is 22.1 Å². The minimum atomic E-state index is -3.90. The van der Waals surface area contributed by atoms with Crippen LogP contribution in [0.1, 0.15) is 32.6 Å². The molecule has 0 unspecified atom stereocenters. The zero-order chi connectivity index (χ0) is 25.2. The first-order chi connectivity index (χ1) is 16.7. The zero-order valence-corrected chi connectivity index (χ0v) is 20.8. The van der Waals surface area contributed by atoms with Crippen molar-refractivity contribution in [3.8, 4) is 0 Å². The molecule has 0 aromatic heterocycles. The highest BCUT2D eigenvalue weighted by Gasteiger charge is 2.45. The lowest BCUT2D eigenvalue weighted by Gasteiger charge is -2.39. The number of ether oxygens (including phenoxy) is 1. The minimum absolute atomic E-state index is 0.0127. The fourth-order valence-corrected chi connectivity index (χ4v) is 6.19. The van der Waals surface area contributed by atoms with E-state index in [0.717, 1.165) is 22.9 Å². The molecule has 0 aliphatic carbocycles. The van der Waals surface area contributed by atoms with Crippen LogP contribution in [0.15, 0.2) is 102 Å². The van der Waals surface area contributed by atoms with Gasteiger partial charge in [0.1, 0.15) is 0 Å². The Morgan fingerprint density at radius 2 is 1.23 bits per heavy atom. The molecule has 5 nitrogen and oxygen atoms in total. The van der Waals surface area contributed by atoms with Crippen LogP contribution in [0.5, 0.6) is 0 Å². The largest absolute Gasteiger partial charge is 0.465 e. The maximum Gasteiger partial charge on any atom is 0.339 e. The van der Waals surface area contributed by atoms with Crippen molar-refractivity contribution in [3.05, 3.63) is 130 Å². The van der Waals surface area contributed by atoms with Crippen LogP contribution in [0.3, 0.4) is 0 Å². The predicted molar refractivity (Wildman–Crippen MR) is 139 cm³/mol. The van der Waals surface area contributed by atoms with Crippen molar-refractivity contribution in [1.82, 2.24) is 0 Å². The number of halogens is 1. The van der Waals surface area contributed by atoms with Crippen LogP contribution >= 0.6 is 11.6 Å². The van der Waals surface area contributed by atoms with Crippen LogP contribution in [-0.2, 0) is 20.0 Å². The molecule has 4 rings (SSSR count). The van der Waals surface area contributed by atoms with Crippen molar-refractivity contribution in [3.63, 3.8) is 0 Å². The van der Waals surface area contributed by atoms with E-state index in [1.807, 2.05) is 91.0 Å². The number of carbonyl (C=O) groups excluding carboxylic acids is 1. The Morgan fingerprint density at radius 1 is 0.829 bits per heavy atom. The maximum atomic E-state index is 13.3. The standard InChI is InChI=1S/C28H24ClNO4S/c1-34-27(31)22-18-23(30)26(35(2,32)33)24(25(22)29)28(19-12-6-3-7-13-19,20-14-8-4-9-15-20)21-16-10-5-11-17-21/h3-18H,30H2,1-2H3. The van der Waals surface area contributed by atoms with Crippen LogP contribution in [0, 0.1) is 0 Å². The molecule has 0 aliphatic heterocycles. The van der Waals surface area contributed by atoms with Crippen LogP contribution < -0.4 is 5.73 Å². The maximum absolute atomic E-state index is 13.3. The summed E-state index contributed by atoms with van der Waals surface area (Å²) in [7, 11) is -2.67. The van der Waals surface area contributed by atoms with Crippen LogP contribution in [0.4, 0.5) is 5.69 Å². The van der Waals surface area contributed by atoms with Gasteiger partial charge in [0.15, 0.2) is 9.84 Å². The summed E-state index contributed by atoms with van der Waals surface area (Å²) in [6.07, 6.45) is 1.09. The van der Waals surface area contributed by atoms with E-state index in [0.29, 0.717) is 0 Å². The number of hydrogen-bond donors (Lipinski definition) is 1. The van der Waals surface area contributed by atoms with E-state index in [2.05, 4.69) is 0 Å². The molecule has 0 saturated carbocycles. The summed E-state index contributed by atoms with van der Waals surface area (Å²) in [5, 5.41) is -0.0389. The van der Waals surface area contributed by atoms with Crippen LogP contribution in [0.25, 0.3) is 0 Å². The zero-order valence-electron chi connectivity index (χ0n) is 19.2. The van der Waals surface area contributed by atoms with Crippen molar-refractivity contribution in [2.45, 2.75) is 10.3 Å². The van der Waals surface area contributed by atoms with E-state index in [-0.39, 0.29) is 26.7 Å². The summed E-state index contributed by atoms with van der Waals surface area (Å²) in [5.41, 5.74) is 7.50. The van der Waals surface area contributed by atoms with Gasteiger partial charge in [0, 0.05) is 11.8 Å². The Bertz CT molecular complexity index is 1380. The molecule has 0 fully saturated rings. The van der Waals surface area contributed by atoms with E-state index in [9.17, 15) is 13.2 Å². The number of anilines is 1. The Morgan fingerprint density at radius 3 is 1.57 bits per heavy atom. The summed E-state index contributed by atoms with van der Waals surface area (Å²) in [4.78, 5) is 12.6. The fourth-order valence-electron chi connectivity index (χ4n) is 4.65. The van der Waals surface area contributed by atoms with Gasteiger partial charge in [-0.05, 0) is 22.8 Å². The molecule has 0 atom stereocenters. The van der Waals surface area contributed by atoms with Gasteiger partial charge in [-0.2, -0.15) is 0 Å². The second-order valence-corrected chi connectivity index (χ2v) is 10.5. The average molecular weight is 506 g/mol. The predicted octanol–water partition coefficient (Wildman–Crippen LogP) is 5.50. The third-order valence-corrected chi connectivity index (χ3v) is 7.59. The summed E-state index contributed by atoms with van der Waals surface area (Å²) in [5.74, 6) is -0.717. The van der Waals surface area contributed by atoms with E-state index in [1.165, 1.54) is 13.2 Å². The molecule has 178 valence electrons. The lowest BCUT2D eigenvalue weighted by atomic mass is 9.64. The molecule has 7 heteroatoms. The molecular weight excluding hydrogens is 482 g/mol. The molecule has 4 aromatic rings. The lowest BCUT2D eigenvalue weighted by molar-refractivity contribution is 0.0600. The Labute approximate surface area is 210 Å². The molecule has 0 aliphatic rings. The van der Waals surface area contributed by atoms with Crippen molar-refractivity contribution in [1.29, 1.82) is 0 Å². The lowest BCUT2D eigenvalue weighted by Crippen LogP contribution is -2.34. The van der Waals surface area contributed by atoms with E-state index >= 15 is 0 Å². The Balaban J connectivity index is 2.36. The number of hydrogen-bond acceptors (Lipinski definition) is 5. The van der Waals surface area contributed by atoms with Gasteiger partial charge in [-0.3, -0.25) is 0 Å². The molecule has 0 spiro atoms. The molecule has 0 heterocycles. The number of benzene rings is 4. The van der Waals surface area contributed by atoms with Gasteiger partial charge in [-0.25, -0.2) is 13.2 Å². The number of esters is 1. The van der Waals surface area contributed by atoms with Gasteiger partial charge in [-0.15, -0.1) is 0 Å². The third kappa shape index (κ3) is 4.20. The fraction of sp³-hybridized carbons (Fsp3) is 0.107. The number of sulfone groups is 1. The normalized spacial score (nSPS) is 11.7. The number of rotatable bonds is 6. The van der Waals surface area contributed by atoms with Crippen molar-refractivity contribution in [2.75, 3.05) is 19.1 Å². The van der Waals surface area contributed by atoms with Gasteiger partial charge in [-0.1, -0.05) is 103 Å². The van der Waals surface area contributed by atoms with Crippen molar-refractivity contribution >= 4 is 33.1 Å². The Hall–Kier alpha value is -3.61. The van der Waals surface area contributed by atoms with Gasteiger partial charge >= 0.3 is 5.97 Å². The molecule has 35 heavy (non-hydrogen) atoms. The Kier molecular flexibility index (Phi) is 6.70. The van der Waals surface area contributed by atoms with Crippen LogP contribution in [-0.4, -0.2) is 27.8 Å². The minimum Gasteiger partial charge on any atom is -0.465 e. The number of carbonyl (C=O) groups is 1. The first kappa shape index (κ1) is 24.5. The highest BCUT2D eigenvalue weighted by Crippen LogP contribution is 2.51. The summed E-state index contributed by atoms with van der Waals surface area (Å²) >= 11 is 6.98. The number of nitrogen functional groups attached to an aromatic ring is 1. The first-order valence-electron chi connectivity index (χ1n) is 10.8. The smallest absolute Gasteiger partial charge is 0.339 e. The quantitative estimate of drug-likeness (QED) is 0.212. The van der Waals surface area contributed by atoms with Gasteiger partial charge in [0.05, 0.1) is 33.7 Å². The molecule has 2 N–H and O–H groups in total. The third-order valence-electron chi connectivity index (χ3n) is 6.02. The van der Waals surface area contributed by atoms with Gasteiger partial charge in [0.2, 0.25) is 0 Å². The highest BCUT2D eigenvalue weighted by atomic mass is 35.5. The topological polar surface area (TPSA) is 86.5 Å². The van der Waals surface area contributed by atoms with Crippen LogP contribution in [0.2, 0.25) is 5.02 Å². The molecule has 0 amide bonds. The summed E-state index contributed by atoms with van der Waals surface area (Å²) < 4.78 is 31.5. The second-order valence-electron chi connectivity index (χ2n) is 8.14. The second kappa shape index (κ2) is 9.56.